The molecule has 0 saturated heterocycles. The fourth-order valence-corrected chi connectivity index (χ4v) is 17.1. The second kappa shape index (κ2) is 77.9. The molecule has 130 heavy (non-hydrogen) atoms. The Morgan fingerprint density at radius 3 is 1.04 bits per heavy atom. The van der Waals surface area contributed by atoms with Crippen LogP contribution in [0.3, 0.4) is 0 Å². The summed E-state index contributed by atoms with van der Waals surface area (Å²) in [5.41, 5.74) is 5.16. The van der Waals surface area contributed by atoms with Crippen molar-refractivity contribution in [2.24, 2.45) is 92.2 Å². The van der Waals surface area contributed by atoms with E-state index < -0.39 is 0 Å². The van der Waals surface area contributed by atoms with E-state index in [1.165, 1.54) is 77.0 Å². The molecular weight excluding hydrogens is 1630 g/mol. The van der Waals surface area contributed by atoms with Gasteiger partial charge in [0.15, 0.2) is 0 Å². The molecule has 0 N–H and O–H groups in total. The standard InChI is InChI=1S/C14H20O2.C14H22O2.C14H24O2.C13H22O2.2C12H22O2.C11H20O2.C8H14O2.8C2H6/c1-8(2)14(15)16-13-7-9-6-12(13)11-5-3-4-10(9)11;1-9(2)12(15)16-11-8-10-6-7-14(11,5)13(10,3)4;1-10(2)12(15)16-11-7-13(3,4)9-14(5,6)8-11;1-9(2)12(14)15-11-8-13(4,5)7-6-10(11)3;2*1-5-7-8-11(6-2)9-14-12(13)10(3)4;1-7(2)10(8(3)4)13-11(12)9(5)6;1-6(2)5-10-8(9)7(3)4;8*1-2/h9-13H,1,3-7H2,2H3;10-11H,1,6-8H2,2-5H3;11H,1,7-9H2,2-6H3;10-11H,1,6-8H2,2-5H3;2*11H,3,5-9H2,1-2,4H3;7-8,10H,5H2,1-4,6H3;6H,3,5H2,1-2,4H3;8*1-2H3. The number of carbonyl (C=O) groups is 8. The van der Waals surface area contributed by atoms with Gasteiger partial charge in [0, 0.05) is 50.0 Å². The van der Waals surface area contributed by atoms with Gasteiger partial charge in [0.1, 0.15) is 30.5 Å². The Bertz CT molecular complexity index is 3100. The van der Waals surface area contributed by atoms with Gasteiger partial charge in [0.25, 0.3) is 0 Å². The van der Waals surface area contributed by atoms with E-state index in [1.54, 1.807) is 55.4 Å². The van der Waals surface area contributed by atoms with Crippen LogP contribution in [0.15, 0.2) is 97.2 Å². The van der Waals surface area contributed by atoms with Crippen molar-refractivity contribution in [2.75, 3.05) is 19.8 Å². The number of carbonyl (C=O) groups excluding carboxylic acids is 8. The van der Waals surface area contributed by atoms with Gasteiger partial charge in [-0.25, -0.2) is 38.4 Å². The Morgan fingerprint density at radius 2 is 0.715 bits per heavy atom. The van der Waals surface area contributed by atoms with Crippen LogP contribution in [-0.4, -0.2) is 98.1 Å². The van der Waals surface area contributed by atoms with Crippen molar-refractivity contribution in [2.45, 2.75) is 476 Å². The molecule has 16 heteroatoms. The summed E-state index contributed by atoms with van der Waals surface area (Å²) in [7, 11) is 0. The second-order valence-electron chi connectivity index (χ2n) is 39.0. The Kier molecular flexibility index (Phi) is 84.8. The van der Waals surface area contributed by atoms with Gasteiger partial charge in [-0.1, -0.05) is 347 Å². The highest BCUT2D eigenvalue weighted by Crippen LogP contribution is 2.66. The van der Waals surface area contributed by atoms with E-state index in [9.17, 15) is 38.4 Å². The molecule has 12 atom stereocenters. The summed E-state index contributed by atoms with van der Waals surface area (Å²) in [5.74, 6) is 4.62. The van der Waals surface area contributed by atoms with Crippen LogP contribution >= 0.6 is 0 Å². The molecule has 7 fully saturated rings. The molecule has 7 aliphatic carbocycles. The van der Waals surface area contributed by atoms with Crippen LogP contribution < -0.4 is 0 Å². The first-order valence-electron chi connectivity index (χ1n) is 51.3. The van der Waals surface area contributed by atoms with Crippen molar-refractivity contribution >= 4 is 47.8 Å². The molecule has 0 spiro atoms. The minimum Gasteiger partial charge on any atom is -0.462 e. The molecule has 766 valence electrons. The molecule has 0 aromatic heterocycles. The molecule has 7 rings (SSSR count). The summed E-state index contributed by atoms with van der Waals surface area (Å²) < 4.78 is 42.5. The van der Waals surface area contributed by atoms with Gasteiger partial charge in [-0.2, -0.15) is 0 Å². The predicted molar refractivity (Wildman–Crippen MR) is 557 cm³/mol. The molecule has 0 aromatic rings. The van der Waals surface area contributed by atoms with Crippen molar-refractivity contribution in [3.05, 3.63) is 97.2 Å². The predicted octanol–water partition coefficient (Wildman–Crippen LogP) is 32.7. The zero-order chi connectivity index (χ0) is 104. The van der Waals surface area contributed by atoms with E-state index in [4.69, 9.17) is 37.9 Å². The summed E-state index contributed by atoms with van der Waals surface area (Å²) in [6, 6.07) is 0. The number of esters is 8. The molecule has 0 heterocycles. The number of hydrogen-bond donors (Lipinski definition) is 0. The topological polar surface area (TPSA) is 210 Å². The minimum atomic E-state index is -0.297. The molecule has 0 aromatic carbocycles. The number of rotatable bonds is 29. The highest BCUT2D eigenvalue weighted by molar-refractivity contribution is 5.90. The lowest BCUT2D eigenvalue weighted by Crippen LogP contribution is -2.38. The second-order valence-corrected chi connectivity index (χ2v) is 39.0. The average molecular weight is 1840 g/mol. The van der Waals surface area contributed by atoms with E-state index in [0.29, 0.717) is 123 Å². The summed E-state index contributed by atoms with van der Waals surface area (Å²) in [6.07, 6.45) is 26.2. The highest BCUT2D eigenvalue weighted by atomic mass is 16.6. The van der Waals surface area contributed by atoms with Gasteiger partial charge in [-0.3, -0.25) is 0 Å². The van der Waals surface area contributed by atoms with Crippen LogP contribution in [0, 0.1) is 92.2 Å². The zero-order valence-electron chi connectivity index (χ0n) is 93.6. The van der Waals surface area contributed by atoms with Crippen LogP contribution in [0.25, 0.3) is 0 Å². The van der Waals surface area contributed by atoms with Crippen LogP contribution in [0.2, 0.25) is 0 Å². The van der Waals surface area contributed by atoms with Gasteiger partial charge in [-0.05, 0) is 238 Å². The van der Waals surface area contributed by atoms with Crippen LogP contribution in [0.1, 0.15) is 446 Å². The van der Waals surface area contributed by atoms with Gasteiger partial charge in [-0.15, -0.1) is 0 Å². The number of ether oxygens (including phenoxy) is 8. The maximum absolute atomic E-state index is 11.6. The molecule has 0 radical (unpaired) electrons. The molecule has 7 aliphatic rings. The molecule has 16 nitrogen and oxygen atoms in total. The van der Waals surface area contributed by atoms with E-state index in [-0.39, 0.29) is 94.5 Å². The Morgan fingerprint density at radius 1 is 0.369 bits per heavy atom. The number of unbranched alkanes of at least 4 members (excludes halogenated alkanes) is 2. The Balaban J connectivity index is -0.000000180. The third kappa shape index (κ3) is 59.4. The van der Waals surface area contributed by atoms with Crippen molar-refractivity contribution in [1.29, 1.82) is 0 Å². The molecule has 0 aliphatic heterocycles. The van der Waals surface area contributed by atoms with Crippen LogP contribution in [0.4, 0.5) is 0 Å². The van der Waals surface area contributed by atoms with E-state index in [0.717, 1.165) is 82.0 Å². The Hall–Kier alpha value is -6.32. The first-order chi connectivity index (χ1) is 60.5. The fraction of sp³-hybridized carbons (Fsp3) is 0.789. The van der Waals surface area contributed by atoms with Gasteiger partial charge in [0.05, 0.1) is 19.8 Å². The van der Waals surface area contributed by atoms with Gasteiger partial charge in [0.2, 0.25) is 0 Å². The molecular formula is C114H214O16. The molecule has 7 saturated carbocycles. The highest BCUT2D eigenvalue weighted by Gasteiger charge is 2.63. The summed E-state index contributed by atoms with van der Waals surface area (Å²) in [5, 5.41) is 0. The largest absolute Gasteiger partial charge is 0.462 e. The number of hydrogen-bond acceptors (Lipinski definition) is 16. The SMILES string of the molecule is C=C(C)C(=O)OC(C(C)C)C(C)C.C=C(C)C(=O)OC1CC(C)(C)CC(C)(C)C1.C=C(C)C(=O)OC1CC(C)(C)CCC1C.C=C(C)C(=O)OC1CC2CC1C1CCCC21.C=C(C)C(=O)OC1CC2CCC1(C)C2(C)C.C=C(C)C(=O)OCC(C)C.C=C(C)C(=O)OCC(CC)CCCC.C=C(C)C(=O)OCC(CC)CCCC.CC.CC.CC.CC.CC.CC.CC.CC. The minimum absolute atomic E-state index is 0.0100. The van der Waals surface area contributed by atoms with E-state index in [1.807, 2.05) is 125 Å². The van der Waals surface area contributed by atoms with Gasteiger partial charge >= 0.3 is 47.8 Å². The monoisotopic (exact) mass is 1840 g/mol. The van der Waals surface area contributed by atoms with E-state index >= 15 is 0 Å². The van der Waals surface area contributed by atoms with Gasteiger partial charge < -0.3 is 37.9 Å². The quantitative estimate of drug-likeness (QED) is 0.0387. The zero-order valence-corrected chi connectivity index (χ0v) is 93.6. The van der Waals surface area contributed by atoms with E-state index in [2.05, 4.69) is 177 Å². The lowest BCUT2D eigenvalue weighted by molar-refractivity contribution is -0.152. The van der Waals surface area contributed by atoms with Crippen molar-refractivity contribution in [3.8, 4) is 0 Å². The summed E-state index contributed by atoms with van der Waals surface area (Å²) >= 11 is 0. The first kappa shape index (κ1) is 142. The Labute approximate surface area is 805 Å². The average Bonchev–Trinajstić information content (AvgIpc) is 1.56. The molecule has 12 unspecified atom stereocenters. The number of fused-ring (bicyclic) bond motifs is 7. The first-order valence-corrected chi connectivity index (χ1v) is 51.3. The third-order valence-electron chi connectivity index (χ3n) is 24.2. The lowest BCUT2D eigenvalue weighted by Gasteiger charge is -2.44. The lowest BCUT2D eigenvalue weighted by atomic mass is 9.64. The van der Waals surface area contributed by atoms with Crippen molar-refractivity contribution in [3.63, 3.8) is 0 Å². The molecule has 0 amide bonds. The van der Waals surface area contributed by atoms with Crippen LogP contribution in [0.5, 0.6) is 0 Å². The van der Waals surface area contributed by atoms with Crippen molar-refractivity contribution in [1.82, 2.24) is 0 Å². The fourth-order valence-electron chi connectivity index (χ4n) is 17.1. The maximum atomic E-state index is 11.6. The maximum Gasteiger partial charge on any atom is 0.333 e. The summed E-state index contributed by atoms with van der Waals surface area (Å²) in [4.78, 5) is 90.3. The third-order valence-corrected chi connectivity index (χ3v) is 24.2. The normalized spacial score (nSPS) is 21.6. The van der Waals surface area contributed by atoms with Crippen LogP contribution in [-0.2, 0) is 76.3 Å². The smallest absolute Gasteiger partial charge is 0.333 e. The summed E-state index contributed by atoms with van der Waals surface area (Å²) in [6.45, 7) is 119. The molecule has 4 bridgehead atoms. The van der Waals surface area contributed by atoms with Crippen molar-refractivity contribution < 1.29 is 76.3 Å².